The zero-order valence-corrected chi connectivity index (χ0v) is 16.4. The first-order valence-corrected chi connectivity index (χ1v) is 9.90. The molecule has 1 saturated heterocycles. The van der Waals surface area contributed by atoms with Crippen LogP contribution in [0.5, 0.6) is 0 Å². The van der Waals surface area contributed by atoms with E-state index in [1.807, 2.05) is 25.1 Å². The van der Waals surface area contributed by atoms with E-state index in [4.69, 9.17) is 11.6 Å². The predicted molar refractivity (Wildman–Crippen MR) is 103 cm³/mol. The number of amides is 2. The number of benzene rings is 1. The number of piperidine rings is 1. The first-order valence-electron chi connectivity index (χ1n) is 9.52. The molecular weight excluding hydrogens is 334 g/mol. The quantitative estimate of drug-likeness (QED) is 0.851. The van der Waals surface area contributed by atoms with E-state index in [1.54, 1.807) is 0 Å². The molecule has 1 aromatic carbocycles. The second kappa shape index (κ2) is 7.96. The van der Waals surface area contributed by atoms with Gasteiger partial charge in [0.2, 0.25) is 0 Å². The molecule has 2 amide bonds. The van der Waals surface area contributed by atoms with Crippen LogP contribution < -0.4 is 5.32 Å². The summed E-state index contributed by atoms with van der Waals surface area (Å²) in [6, 6.07) is 7.26. The van der Waals surface area contributed by atoms with E-state index in [-0.39, 0.29) is 6.03 Å². The van der Waals surface area contributed by atoms with Crippen LogP contribution in [0.3, 0.4) is 0 Å². The molecule has 2 fully saturated rings. The normalized spacial score (nSPS) is 24.2. The number of nitrogens with one attached hydrogen (secondary N) is 1. The van der Waals surface area contributed by atoms with Crippen molar-refractivity contribution in [2.24, 2.45) is 0 Å². The van der Waals surface area contributed by atoms with Crippen molar-refractivity contribution in [3.63, 3.8) is 0 Å². The van der Waals surface area contributed by atoms with Crippen molar-refractivity contribution in [3.05, 3.63) is 34.3 Å². The van der Waals surface area contributed by atoms with Crippen LogP contribution >= 0.6 is 11.6 Å². The summed E-state index contributed by atoms with van der Waals surface area (Å²) in [6.07, 6.45) is 5.67. The fourth-order valence-electron chi connectivity index (χ4n) is 4.14. The van der Waals surface area contributed by atoms with E-state index in [1.165, 1.54) is 6.42 Å². The van der Waals surface area contributed by atoms with Crippen molar-refractivity contribution in [2.45, 2.75) is 70.6 Å². The average molecular weight is 364 g/mol. The fourth-order valence-corrected chi connectivity index (χ4v) is 4.25. The van der Waals surface area contributed by atoms with E-state index in [9.17, 15) is 4.79 Å². The van der Waals surface area contributed by atoms with Crippen LogP contribution in [-0.4, -0.2) is 47.5 Å². The van der Waals surface area contributed by atoms with E-state index in [0.29, 0.717) is 24.7 Å². The molecule has 0 spiro atoms. The zero-order valence-electron chi connectivity index (χ0n) is 15.6. The second-order valence-electron chi connectivity index (χ2n) is 7.55. The molecule has 1 aliphatic carbocycles. The van der Waals surface area contributed by atoms with Crippen LogP contribution in [0.2, 0.25) is 5.02 Å². The summed E-state index contributed by atoms with van der Waals surface area (Å²) in [5, 5.41) is 3.92. The molecule has 1 unspecified atom stereocenters. The Morgan fingerprint density at radius 2 is 2.12 bits per heavy atom. The van der Waals surface area contributed by atoms with Crippen molar-refractivity contribution >= 4 is 17.6 Å². The Labute approximate surface area is 156 Å². The minimum atomic E-state index is 0.0915. The molecule has 5 heteroatoms. The van der Waals surface area contributed by atoms with Gasteiger partial charge in [-0.05, 0) is 69.8 Å². The summed E-state index contributed by atoms with van der Waals surface area (Å²) in [5.41, 5.74) is 2.14. The van der Waals surface area contributed by atoms with Gasteiger partial charge >= 0.3 is 6.03 Å². The van der Waals surface area contributed by atoms with Gasteiger partial charge in [-0.25, -0.2) is 4.79 Å². The van der Waals surface area contributed by atoms with Crippen molar-refractivity contribution in [2.75, 3.05) is 13.6 Å². The molecule has 1 heterocycles. The Kier molecular flexibility index (Phi) is 5.90. The summed E-state index contributed by atoms with van der Waals surface area (Å²) in [6.45, 7) is 5.92. The number of urea groups is 1. The summed E-state index contributed by atoms with van der Waals surface area (Å²) in [5.74, 6) is 0. The maximum Gasteiger partial charge on any atom is 0.318 e. The van der Waals surface area contributed by atoms with E-state index < -0.39 is 0 Å². The number of likely N-dealkylation sites (N-methyl/N-ethyl adjacent to an activating group) is 1. The Bertz CT molecular complexity index is 617. The molecule has 1 N–H and O–H groups in total. The third-order valence-corrected chi connectivity index (χ3v) is 6.06. The highest BCUT2D eigenvalue weighted by molar-refractivity contribution is 6.31. The lowest BCUT2D eigenvalue weighted by molar-refractivity contribution is 0.0659. The van der Waals surface area contributed by atoms with Crippen LogP contribution in [0.1, 0.15) is 50.2 Å². The van der Waals surface area contributed by atoms with Crippen molar-refractivity contribution in [1.29, 1.82) is 0 Å². The number of aryl methyl sites for hydroxylation is 1. The van der Waals surface area contributed by atoms with E-state index in [2.05, 4.69) is 29.1 Å². The second-order valence-corrected chi connectivity index (χ2v) is 7.95. The number of rotatable bonds is 5. The van der Waals surface area contributed by atoms with Gasteiger partial charge < -0.3 is 15.1 Å². The predicted octanol–water partition coefficient (Wildman–Crippen LogP) is 4.20. The minimum absolute atomic E-state index is 0.0915. The highest BCUT2D eigenvalue weighted by Crippen LogP contribution is 2.34. The lowest BCUT2D eigenvalue weighted by atomic mass is 9.93. The van der Waals surface area contributed by atoms with Gasteiger partial charge in [-0.2, -0.15) is 0 Å². The number of carbonyl (C=O) groups is 1. The highest BCUT2D eigenvalue weighted by atomic mass is 35.5. The Hall–Kier alpha value is -1.26. The van der Waals surface area contributed by atoms with Gasteiger partial charge in [0.15, 0.2) is 0 Å². The molecule has 2 aliphatic rings. The van der Waals surface area contributed by atoms with Crippen LogP contribution in [0, 0.1) is 6.92 Å². The van der Waals surface area contributed by atoms with Gasteiger partial charge in [-0.1, -0.05) is 30.7 Å². The Morgan fingerprint density at radius 1 is 1.36 bits per heavy atom. The maximum absolute atomic E-state index is 13.0. The summed E-state index contributed by atoms with van der Waals surface area (Å²) in [4.78, 5) is 17.6. The summed E-state index contributed by atoms with van der Waals surface area (Å²) < 4.78 is 0. The van der Waals surface area contributed by atoms with Crippen LogP contribution in [0.4, 0.5) is 4.79 Å². The number of hydrogen-bond acceptors (Lipinski definition) is 2. The molecule has 4 nitrogen and oxygen atoms in total. The van der Waals surface area contributed by atoms with Gasteiger partial charge in [0.25, 0.3) is 0 Å². The first-order chi connectivity index (χ1) is 12.0. The molecule has 3 rings (SSSR count). The van der Waals surface area contributed by atoms with Crippen molar-refractivity contribution < 1.29 is 4.79 Å². The van der Waals surface area contributed by atoms with Crippen LogP contribution in [0.25, 0.3) is 0 Å². The number of likely N-dealkylation sites (tertiary alicyclic amines) is 1. The number of carbonyl (C=O) groups excluding carboxylic acids is 1. The molecule has 2 atom stereocenters. The van der Waals surface area contributed by atoms with Gasteiger partial charge in [0, 0.05) is 29.7 Å². The molecule has 25 heavy (non-hydrogen) atoms. The molecule has 1 aliphatic heterocycles. The average Bonchev–Trinajstić information content (AvgIpc) is 3.41. The molecule has 0 bridgehead atoms. The third kappa shape index (κ3) is 4.29. The van der Waals surface area contributed by atoms with Crippen LogP contribution in [0.15, 0.2) is 18.2 Å². The third-order valence-electron chi connectivity index (χ3n) is 5.64. The summed E-state index contributed by atoms with van der Waals surface area (Å²) >= 11 is 6.09. The largest absolute Gasteiger partial charge is 0.334 e. The number of nitrogens with zero attached hydrogens (tertiary/aromatic N) is 2. The lowest BCUT2D eigenvalue weighted by Gasteiger charge is -2.44. The SMILES string of the molecule is CCC1[C@H](N(C(=O)NCc2ccc(Cl)c(C)c2)C2CC2)CCCN1C. The minimum Gasteiger partial charge on any atom is -0.334 e. The molecule has 0 aromatic heterocycles. The topological polar surface area (TPSA) is 35.6 Å². The maximum atomic E-state index is 13.0. The molecule has 1 aromatic rings. The summed E-state index contributed by atoms with van der Waals surface area (Å²) in [7, 11) is 2.19. The molecule has 0 radical (unpaired) electrons. The smallest absolute Gasteiger partial charge is 0.318 e. The van der Waals surface area contributed by atoms with Crippen LogP contribution in [-0.2, 0) is 6.54 Å². The van der Waals surface area contributed by atoms with Gasteiger partial charge in [-0.3, -0.25) is 0 Å². The highest BCUT2D eigenvalue weighted by Gasteiger charge is 2.42. The monoisotopic (exact) mass is 363 g/mol. The Balaban J connectivity index is 1.67. The lowest BCUT2D eigenvalue weighted by Crippen LogP contribution is -2.58. The van der Waals surface area contributed by atoms with E-state index >= 15 is 0 Å². The number of hydrogen-bond donors (Lipinski definition) is 1. The van der Waals surface area contributed by atoms with Gasteiger partial charge in [-0.15, -0.1) is 0 Å². The van der Waals surface area contributed by atoms with Crippen molar-refractivity contribution in [3.8, 4) is 0 Å². The van der Waals surface area contributed by atoms with Gasteiger partial charge in [0.1, 0.15) is 0 Å². The standard InChI is InChI=1S/C20H30ClN3O/c1-4-18-19(6-5-11-23(18)3)24(16-8-9-16)20(25)22-13-15-7-10-17(21)14(2)12-15/h7,10,12,16,18-19H,4-6,8-9,11,13H2,1-3H3,(H,22,25)/t18?,19-/m1/s1. The Morgan fingerprint density at radius 3 is 2.76 bits per heavy atom. The van der Waals surface area contributed by atoms with Crippen molar-refractivity contribution in [1.82, 2.24) is 15.1 Å². The number of halogens is 1. The molecule has 138 valence electrons. The molecular formula is C20H30ClN3O. The van der Waals surface area contributed by atoms with E-state index in [0.717, 1.165) is 48.4 Å². The fraction of sp³-hybridized carbons (Fsp3) is 0.650. The first kappa shape index (κ1) is 18.5. The zero-order chi connectivity index (χ0) is 18.0. The van der Waals surface area contributed by atoms with Gasteiger partial charge in [0.05, 0.1) is 0 Å². The molecule has 1 saturated carbocycles.